The van der Waals surface area contributed by atoms with E-state index in [1.165, 1.54) is 0 Å². The van der Waals surface area contributed by atoms with Gasteiger partial charge >= 0.3 is 6.03 Å². The van der Waals surface area contributed by atoms with Gasteiger partial charge in [-0.25, -0.2) is 9.48 Å². The molecule has 3 heterocycles. The zero-order valence-corrected chi connectivity index (χ0v) is 22.0. The Labute approximate surface area is 227 Å². The van der Waals surface area contributed by atoms with Crippen molar-refractivity contribution in [3.63, 3.8) is 0 Å². The van der Waals surface area contributed by atoms with E-state index in [-0.39, 0.29) is 12.1 Å². The number of benzene rings is 3. The van der Waals surface area contributed by atoms with Crippen LogP contribution in [0.25, 0.3) is 11.5 Å². The van der Waals surface area contributed by atoms with Crippen LogP contribution in [0.1, 0.15) is 28.6 Å². The van der Waals surface area contributed by atoms with E-state index < -0.39 is 0 Å². The van der Waals surface area contributed by atoms with Crippen LogP contribution in [0.3, 0.4) is 0 Å². The van der Waals surface area contributed by atoms with Crippen LogP contribution < -0.4 is 14.8 Å². The molecule has 0 bridgehead atoms. The average Bonchev–Trinajstić information content (AvgIpc) is 3.54. The SMILES string of the molecule is COc1ccc(NC(=O)N2Cc3c(C)nn(-c4ccccc4)c3-n3cccc3C2c2ccccc2)c(OC)c1. The molecule has 2 aromatic heterocycles. The van der Waals surface area contributed by atoms with Gasteiger partial charge in [0.25, 0.3) is 0 Å². The highest BCUT2D eigenvalue weighted by atomic mass is 16.5. The topological polar surface area (TPSA) is 73.5 Å². The lowest BCUT2D eigenvalue weighted by Gasteiger charge is -2.31. The summed E-state index contributed by atoms with van der Waals surface area (Å²) in [5.74, 6) is 2.09. The number of rotatable bonds is 5. The van der Waals surface area contributed by atoms with E-state index in [0.717, 1.165) is 34.0 Å². The van der Waals surface area contributed by atoms with Gasteiger partial charge in [-0.15, -0.1) is 0 Å². The number of aryl methyl sites for hydroxylation is 1. The van der Waals surface area contributed by atoms with E-state index in [1.54, 1.807) is 32.4 Å². The third kappa shape index (κ3) is 4.29. The molecule has 1 unspecified atom stereocenters. The van der Waals surface area contributed by atoms with Gasteiger partial charge in [-0.05, 0) is 48.9 Å². The first-order chi connectivity index (χ1) is 19.1. The monoisotopic (exact) mass is 519 g/mol. The Morgan fingerprint density at radius 1 is 0.923 bits per heavy atom. The van der Waals surface area contributed by atoms with Gasteiger partial charge in [-0.2, -0.15) is 5.10 Å². The fraction of sp³-hybridized carbons (Fsp3) is 0.161. The first-order valence-corrected chi connectivity index (χ1v) is 12.7. The number of para-hydroxylation sites is 1. The number of ether oxygens (including phenoxy) is 2. The largest absolute Gasteiger partial charge is 0.497 e. The van der Waals surface area contributed by atoms with Gasteiger partial charge in [0.15, 0.2) is 0 Å². The zero-order chi connectivity index (χ0) is 26.9. The summed E-state index contributed by atoms with van der Waals surface area (Å²) < 4.78 is 15.0. The molecule has 8 heteroatoms. The van der Waals surface area contributed by atoms with Gasteiger partial charge in [0.05, 0.1) is 49.6 Å². The van der Waals surface area contributed by atoms with Crippen molar-refractivity contribution in [1.29, 1.82) is 0 Å². The fourth-order valence-corrected chi connectivity index (χ4v) is 5.22. The Bertz CT molecular complexity index is 1630. The van der Waals surface area contributed by atoms with Crippen molar-refractivity contribution >= 4 is 11.7 Å². The highest BCUT2D eigenvalue weighted by Gasteiger charge is 2.36. The van der Waals surface area contributed by atoms with Crippen LogP contribution in [0.5, 0.6) is 11.5 Å². The maximum atomic E-state index is 14.1. The summed E-state index contributed by atoms with van der Waals surface area (Å²) in [6.07, 6.45) is 2.04. The van der Waals surface area contributed by atoms with Crippen molar-refractivity contribution in [3.05, 3.63) is 120 Å². The van der Waals surface area contributed by atoms with Gasteiger partial charge in [-0.3, -0.25) is 0 Å². The van der Waals surface area contributed by atoms with Gasteiger partial charge in [0.1, 0.15) is 17.3 Å². The first kappa shape index (κ1) is 24.4. The smallest absolute Gasteiger partial charge is 0.323 e. The summed E-state index contributed by atoms with van der Waals surface area (Å²) in [5, 5.41) is 8.00. The lowest BCUT2D eigenvalue weighted by molar-refractivity contribution is 0.194. The molecule has 1 N–H and O–H groups in total. The maximum Gasteiger partial charge on any atom is 0.323 e. The molecule has 5 aromatic rings. The molecule has 2 amide bonds. The fourth-order valence-electron chi connectivity index (χ4n) is 5.22. The molecule has 0 spiro atoms. The molecule has 0 radical (unpaired) electrons. The molecule has 0 fully saturated rings. The Morgan fingerprint density at radius 2 is 1.67 bits per heavy atom. The van der Waals surface area contributed by atoms with Gasteiger partial charge in [0.2, 0.25) is 0 Å². The number of carbonyl (C=O) groups excluding carboxylic acids is 1. The second-order valence-electron chi connectivity index (χ2n) is 9.38. The number of amides is 2. The minimum absolute atomic E-state index is 0.250. The van der Waals surface area contributed by atoms with Crippen molar-refractivity contribution < 1.29 is 14.3 Å². The summed E-state index contributed by atoms with van der Waals surface area (Å²) in [4.78, 5) is 16.0. The Hall–Kier alpha value is -4.98. The molecule has 6 rings (SSSR count). The molecule has 0 saturated heterocycles. The molecule has 0 aliphatic carbocycles. The second-order valence-corrected chi connectivity index (χ2v) is 9.38. The summed E-state index contributed by atoms with van der Waals surface area (Å²) in [5.41, 5.74) is 5.34. The number of hydrogen-bond acceptors (Lipinski definition) is 4. The summed E-state index contributed by atoms with van der Waals surface area (Å²) in [7, 11) is 3.17. The van der Waals surface area contributed by atoms with Crippen molar-refractivity contribution in [3.8, 4) is 23.0 Å². The molecule has 8 nitrogen and oxygen atoms in total. The molecule has 1 aliphatic heterocycles. The highest BCUT2D eigenvalue weighted by Crippen LogP contribution is 2.39. The van der Waals surface area contributed by atoms with Crippen LogP contribution in [0.15, 0.2) is 97.2 Å². The Morgan fingerprint density at radius 3 is 2.38 bits per heavy atom. The summed E-state index contributed by atoms with van der Waals surface area (Å²) in [6.45, 7) is 2.35. The second kappa shape index (κ2) is 10.1. The average molecular weight is 520 g/mol. The standard InChI is InChI=1S/C31H29N5O3/c1-21-25-20-35(31(37)32-26-17-16-24(38-2)19-28(26)39-3)29(22-11-6-4-7-12-22)27-15-10-18-34(27)30(25)36(33-21)23-13-8-5-9-14-23/h4-19,29H,20H2,1-3H3,(H,32,37). The maximum absolute atomic E-state index is 14.1. The number of methoxy groups -OCH3 is 2. The highest BCUT2D eigenvalue weighted by molar-refractivity contribution is 5.92. The van der Waals surface area contributed by atoms with Crippen LogP contribution in [-0.2, 0) is 6.54 Å². The van der Waals surface area contributed by atoms with Crippen LogP contribution in [0.2, 0.25) is 0 Å². The number of nitrogens with zero attached hydrogens (tertiary/aromatic N) is 4. The Balaban J connectivity index is 1.50. The number of hydrogen-bond donors (Lipinski definition) is 1. The third-order valence-electron chi connectivity index (χ3n) is 7.11. The van der Waals surface area contributed by atoms with Gasteiger partial charge in [0, 0.05) is 17.8 Å². The summed E-state index contributed by atoms with van der Waals surface area (Å²) in [6, 6.07) is 29.0. The van der Waals surface area contributed by atoms with Crippen molar-refractivity contribution in [2.75, 3.05) is 19.5 Å². The minimum atomic E-state index is -0.346. The van der Waals surface area contributed by atoms with Crippen LogP contribution in [-0.4, -0.2) is 39.5 Å². The Kier molecular flexibility index (Phi) is 6.28. The quantitative estimate of drug-likeness (QED) is 0.303. The lowest BCUT2D eigenvalue weighted by Crippen LogP contribution is -2.38. The van der Waals surface area contributed by atoms with E-state index in [0.29, 0.717) is 23.7 Å². The molecule has 1 atom stereocenters. The molecular weight excluding hydrogens is 490 g/mol. The first-order valence-electron chi connectivity index (χ1n) is 12.7. The molecule has 196 valence electrons. The predicted molar refractivity (Wildman–Crippen MR) is 150 cm³/mol. The van der Waals surface area contributed by atoms with E-state index in [2.05, 4.69) is 28.1 Å². The third-order valence-corrected chi connectivity index (χ3v) is 7.11. The minimum Gasteiger partial charge on any atom is -0.497 e. The van der Waals surface area contributed by atoms with Crippen molar-refractivity contribution in [2.24, 2.45) is 0 Å². The number of urea groups is 1. The lowest BCUT2D eigenvalue weighted by atomic mass is 10.0. The molecule has 0 saturated carbocycles. The predicted octanol–water partition coefficient (Wildman–Crippen LogP) is 6.13. The summed E-state index contributed by atoms with van der Waals surface area (Å²) >= 11 is 0. The van der Waals surface area contributed by atoms with E-state index in [9.17, 15) is 4.79 Å². The number of nitrogens with one attached hydrogen (secondary N) is 1. The number of fused-ring (bicyclic) bond motifs is 3. The number of aromatic nitrogens is 3. The zero-order valence-electron chi connectivity index (χ0n) is 22.0. The van der Waals surface area contributed by atoms with Gasteiger partial charge < -0.3 is 24.3 Å². The normalized spacial score (nSPS) is 14.2. The van der Waals surface area contributed by atoms with Crippen molar-refractivity contribution in [2.45, 2.75) is 19.5 Å². The van der Waals surface area contributed by atoms with Crippen LogP contribution >= 0.6 is 0 Å². The van der Waals surface area contributed by atoms with E-state index >= 15 is 0 Å². The molecule has 39 heavy (non-hydrogen) atoms. The van der Waals surface area contributed by atoms with Crippen LogP contribution in [0, 0.1) is 6.92 Å². The van der Waals surface area contributed by atoms with Crippen molar-refractivity contribution in [1.82, 2.24) is 19.2 Å². The molecule has 1 aliphatic rings. The van der Waals surface area contributed by atoms with E-state index in [1.807, 2.05) is 77.3 Å². The number of anilines is 1. The van der Waals surface area contributed by atoms with Gasteiger partial charge in [-0.1, -0.05) is 48.5 Å². The number of carbonyl (C=O) groups is 1. The van der Waals surface area contributed by atoms with Crippen LogP contribution in [0.4, 0.5) is 10.5 Å². The van der Waals surface area contributed by atoms with E-state index in [4.69, 9.17) is 14.6 Å². The molecular formula is C31H29N5O3. The molecule has 3 aromatic carbocycles.